The Labute approximate surface area is 61.4 Å². The van der Waals surface area contributed by atoms with Crippen molar-refractivity contribution < 1.29 is 18.0 Å². The monoisotopic (exact) mass is 168 g/mol. The van der Waals surface area contributed by atoms with E-state index in [0.717, 1.165) is 0 Å². The highest BCUT2D eigenvalue weighted by Gasteiger charge is 2.23. The van der Waals surface area contributed by atoms with Gasteiger partial charge in [-0.15, -0.1) is 0 Å². The number of aliphatic imine (C=N–C) groups is 1. The fourth-order valence-electron chi connectivity index (χ4n) is 0.661. The van der Waals surface area contributed by atoms with E-state index in [1.165, 1.54) is 0 Å². The Kier molecular flexibility index (Phi) is 2.56. The second-order valence-electron chi connectivity index (χ2n) is 1.96. The zero-order valence-electron chi connectivity index (χ0n) is 5.64. The van der Waals surface area contributed by atoms with Crippen LogP contribution in [0.25, 0.3) is 0 Å². The van der Waals surface area contributed by atoms with Gasteiger partial charge in [0.25, 0.3) is 0 Å². The molecule has 6 heteroatoms. The highest BCUT2D eigenvalue weighted by molar-refractivity contribution is 5.73. The quantitative estimate of drug-likeness (QED) is 0.433. The minimum absolute atomic E-state index is 0.242. The molecule has 1 heterocycles. The van der Waals surface area contributed by atoms with Gasteiger partial charge >= 0.3 is 12.6 Å². The molecule has 0 unspecified atom stereocenters. The molecule has 64 valence electrons. The molecule has 0 aliphatic carbocycles. The fraction of sp³-hybridized carbons (Fsp3) is 0.800. The van der Waals surface area contributed by atoms with Crippen LogP contribution in [0.5, 0.6) is 0 Å². The molecular formula is C5H7F3N2O. The van der Waals surface area contributed by atoms with Crippen molar-refractivity contribution in [2.24, 2.45) is 4.99 Å². The van der Waals surface area contributed by atoms with Crippen molar-refractivity contribution in [1.82, 2.24) is 5.12 Å². The molecule has 0 saturated heterocycles. The van der Waals surface area contributed by atoms with Gasteiger partial charge in [0.05, 0.1) is 6.61 Å². The number of hydrogen-bond donors (Lipinski definition) is 0. The van der Waals surface area contributed by atoms with E-state index in [1.807, 2.05) is 0 Å². The van der Waals surface area contributed by atoms with Gasteiger partial charge in [-0.05, 0) is 0 Å². The first kappa shape index (κ1) is 8.16. The number of ether oxygens (including phenoxy) is 1. The lowest BCUT2D eigenvalue weighted by molar-refractivity contribution is -0.106. The Morgan fingerprint density at radius 2 is 2.27 bits per heavy atom. The number of amidine groups is 1. The Morgan fingerprint density at radius 1 is 1.55 bits per heavy atom. The van der Waals surface area contributed by atoms with Crippen molar-refractivity contribution in [3.63, 3.8) is 0 Å². The van der Waals surface area contributed by atoms with Gasteiger partial charge in [0.1, 0.15) is 0 Å². The van der Waals surface area contributed by atoms with Crippen LogP contribution < -0.4 is 0 Å². The second-order valence-corrected chi connectivity index (χ2v) is 1.96. The van der Waals surface area contributed by atoms with Crippen LogP contribution in [-0.4, -0.2) is 30.8 Å². The molecule has 3 nitrogen and oxygen atoms in total. The van der Waals surface area contributed by atoms with Crippen molar-refractivity contribution >= 4 is 6.02 Å². The van der Waals surface area contributed by atoms with Crippen molar-refractivity contribution in [2.75, 3.05) is 13.2 Å². The van der Waals surface area contributed by atoms with Crippen LogP contribution in [0.4, 0.5) is 13.3 Å². The van der Waals surface area contributed by atoms with Gasteiger partial charge in [-0.3, -0.25) is 0 Å². The summed E-state index contributed by atoms with van der Waals surface area (Å²) in [4.78, 5) is 3.42. The van der Waals surface area contributed by atoms with Crippen LogP contribution in [-0.2, 0) is 4.74 Å². The first-order valence-corrected chi connectivity index (χ1v) is 3.12. The van der Waals surface area contributed by atoms with E-state index >= 15 is 0 Å². The van der Waals surface area contributed by atoms with Gasteiger partial charge in [-0.1, -0.05) is 9.60 Å². The molecule has 0 spiro atoms. The summed E-state index contributed by atoms with van der Waals surface area (Å²) in [5.74, 6) is 0. The number of hydrogen-bond acceptors (Lipinski definition) is 3. The van der Waals surface area contributed by atoms with Crippen LogP contribution in [0.1, 0.15) is 6.42 Å². The zero-order valence-corrected chi connectivity index (χ0v) is 5.64. The maximum absolute atomic E-state index is 12.2. The standard InChI is InChI=1S/C5H7F3N2O/c6-4(7)10(8)5-9-2-1-3-11-5/h4H,1-3H2. The predicted molar refractivity (Wildman–Crippen MR) is 31.8 cm³/mol. The van der Waals surface area contributed by atoms with Crippen LogP contribution >= 0.6 is 0 Å². The molecule has 0 atom stereocenters. The summed E-state index contributed by atoms with van der Waals surface area (Å²) in [6.45, 7) is -2.62. The third kappa shape index (κ3) is 1.99. The van der Waals surface area contributed by atoms with Gasteiger partial charge in [-0.2, -0.15) is 8.78 Å². The summed E-state index contributed by atoms with van der Waals surface area (Å²) in [5.41, 5.74) is 0. The highest BCUT2D eigenvalue weighted by atomic mass is 19.3. The number of halogens is 3. The van der Waals surface area contributed by atoms with Crippen molar-refractivity contribution in [2.45, 2.75) is 13.0 Å². The summed E-state index contributed by atoms with van der Waals surface area (Å²) in [5, 5.41) is -0.779. The van der Waals surface area contributed by atoms with Crippen molar-refractivity contribution in [1.29, 1.82) is 0 Å². The maximum Gasteiger partial charge on any atom is 0.345 e. The zero-order chi connectivity index (χ0) is 8.27. The SMILES string of the molecule is FC(F)N(F)C1=NCCCO1. The third-order valence-electron chi connectivity index (χ3n) is 1.13. The molecule has 0 saturated carbocycles. The van der Waals surface area contributed by atoms with Gasteiger partial charge in [0, 0.05) is 13.0 Å². The normalized spacial score (nSPS) is 17.6. The van der Waals surface area contributed by atoms with E-state index < -0.39 is 17.7 Å². The Hall–Kier alpha value is -0.940. The van der Waals surface area contributed by atoms with Gasteiger partial charge < -0.3 is 4.74 Å². The van der Waals surface area contributed by atoms with E-state index in [4.69, 9.17) is 0 Å². The molecule has 0 aromatic heterocycles. The minimum atomic E-state index is -3.20. The van der Waals surface area contributed by atoms with Gasteiger partial charge in [-0.25, -0.2) is 4.99 Å². The van der Waals surface area contributed by atoms with E-state index in [1.54, 1.807) is 0 Å². The van der Waals surface area contributed by atoms with Gasteiger partial charge in [0.2, 0.25) is 0 Å². The Bertz CT molecular complexity index is 162. The summed E-state index contributed by atoms with van der Waals surface area (Å²) >= 11 is 0. The predicted octanol–water partition coefficient (Wildman–Crippen LogP) is 1.17. The summed E-state index contributed by atoms with van der Waals surface area (Å²) in [6.07, 6.45) is 0.639. The molecular weight excluding hydrogens is 161 g/mol. The first-order valence-electron chi connectivity index (χ1n) is 3.12. The molecule has 11 heavy (non-hydrogen) atoms. The molecule has 0 N–H and O–H groups in total. The van der Waals surface area contributed by atoms with E-state index in [9.17, 15) is 13.3 Å². The molecule has 0 aromatic rings. The molecule has 0 bridgehead atoms. The number of rotatable bonds is 1. The van der Waals surface area contributed by atoms with Crippen LogP contribution in [0.3, 0.4) is 0 Å². The number of alkyl halides is 2. The molecule has 1 aliphatic heterocycles. The molecule has 1 rings (SSSR count). The van der Waals surface area contributed by atoms with Crippen molar-refractivity contribution in [3.05, 3.63) is 0 Å². The molecule has 1 aliphatic rings. The number of nitrogens with zero attached hydrogens (tertiary/aromatic N) is 2. The molecule has 0 aromatic carbocycles. The summed E-state index contributed by atoms with van der Waals surface area (Å²) in [6, 6.07) is -0.619. The van der Waals surface area contributed by atoms with E-state index in [-0.39, 0.29) is 6.61 Å². The molecule has 0 amide bonds. The first-order chi connectivity index (χ1) is 5.22. The Balaban J connectivity index is 2.51. The van der Waals surface area contributed by atoms with Crippen LogP contribution in [0.2, 0.25) is 0 Å². The summed E-state index contributed by atoms with van der Waals surface area (Å²) in [7, 11) is 0. The smallest absolute Gasteiger partial charge is 0.345 e. The average Bonchev–Trinajstić information content (AvgIpc) is 2.05. The van der Waals surface area contributed by atoms with Gasteiger partial charge in [0.15, 0.2) is 0 Å². The lowest BCUT2D eigenvalue weighted by Gasteiger charge is -2.17. The lowest BCUT2D eigenvalue weighted by Crippen LogP contribution is -2.32. The largest absolute Gasteiger partial charge is 0.463 e. The second kappa shape index (κ2) is 3.45. The Morgan fingerprint density at radius 3 is 2.73 bits per heavy atom. The van der Waals surface area contributed by atoms with E-state index in [0.29, 0.717) is 13.0 Å². The topological polar surface area (TPSA) is 24.8 Å². The van der Waals surface area contributed by atoms with Crippen LogP contribution in [0, 0.1) is 0 Å². The third-order valence-corrected chi connectivity index (χ3v) is 1.13. The van der Waals surface area contributed by atoms with E-state index in [2.05, 4.69) is 9.73 Å². The molecule has 0 fully saturated rings. The fourth-order valence-corrected chi connectivity index (χ4v) is 0.661. The average molecular weight is 168 g/mol. The van der Waals surface area contributed by atoms with Crippen LogP contribution in [0.15, 0.2) is 4.99 Å². The lowest BCUT2D eigenvalue weighted by atomic mass is 10.4. The molecule has 0 radical (unpaired) electrons. The minimum Gasteiger partial charge on any atom is -0.463 e. The summed E-state index contributed by atoms with van der Waals surface area (Å²) < 4.78 is 40.0. The van der Waals surface area contributed by atoms with Crippen molar-refractivity contribution in [3.8, 4) is 0 Å². The highest BCUT2D eigenvalue weighted by Crippen LogP contribution is 2.09. The maximum atomic E-state index is 12.2.